The van der Waals surface area contributed by atoms with Gasteiger partial charge in [-0.25, -0.2) is 0 Å². The van der Waals surface area contributed by atoms with Crippen LogP contribution in [0.15, 0.2) is 22.7 Å². The van der Waals surface area contributed by atoms with Gasteiger partial charge in [0.15, 0.2) is 0 Å². The van der Waals surface area contributed by atoms with Crippen molar-refractivity contribution in [1.82, 2.24) is 0 Å². The Hall–Kier alpha value is -0.190. The normalized spacial score (nSPS) is 14.3. The summed E-state index contributed by atoms with van der Waals surface area (Å²) < 4.78 is 1.10. The highest BCUT2D eigenvalue weighted by Crippen LogP contribution is 2.28. The van der Waals surface area contributed by atoms with Gasteiger partial charge in [-0.05, 0) is 50.0 Å². The van der Waals surface area contributed by atoms with Crippen LogP contribution in [0.4, 0.5) is 5.69 Å². The van der Waals surface area contributed by atoms with Gasteiger partial charge in [-0.15, -0.1) is 0 Å². The number of nitrogens with two attached hydrogens (primary N) is 1. The lowest BCUT2D eigenvalue weighted by atomic mass is 10.1. The second kappa shape index (κ2) is 7.41. The molecule has 0 aliphatic heterocycles. The Balaban J connectivity index is 2.80. The average Bonchev–Trinajstić information content (AvgIpc) is 2.34. The zero-order valence-corrected chi connectivity index (χ0v) is 14.0. The highest BCUT2D eigenvalue weighted by molar-refractivity contribution is 9.10. The number of thioether (sulfide) groups is 1. The Morgan fingerprint density at radius 3 is 2.56 bits per heavy atom. The lowest BCUT2D eigenvalue weighted by molar-refractivity contribution is 0.669. The van der Waals surface area contributed by atoms with Gasteiger partial charge in [-0.2, -0.15) is 11.8 Å². The second-order valence-electron chi connectivity index (χ2n) is 4.74. The van der Waals surface area contributed by atoms with Gasteiger partial charge in [0.25, 0.3) is 0 Å². The monoisotopic (exact) mass is 330 g/mol. The summed E-state index contributed by atoms with van der Waals surface area (Å²) in [5, 5.41) is 0. The van der Waals surface area contributed by atoms with Crippen LogP contribution in [0.25, 0.3) is 0 Å². The molecule has 102 valence electrons. The standard InChI is InChI=1S/C14H23BrN2S/c1-10(7-8-18-4)17(3)12-5-6-13(11(2)16)14(15)9-12/h5-6,9-11H,7-8,16H2,1-4H3. The van der Waals surface area contributed by atoms with Crippen LogP contribution in [0.2, 0.25) is 0 Å². The molecule has 1 rings (SSSR count). The van der Waals surface area contributed by atoms with Gasteiger partial charge in [0.2, 0.25) is 0 Å². The van der Waals surface area contributed by atoms with Crippen molar-refractivity contribution in [3.8, 4) is 0 Å². The first-order valence-electron chi connectivity index (χ1n) is 6.24. The van der Waals surface area contributed by atoms with Crippen molar-refractivity contribution in [2.45, 2.75) is 32.4 Å². The highest BCUT2D eigenvalue weighted by Gasteiger charge is 2.12. The van der Waals surface area contributed by atoms with Crippen LogP contribution >= 0.6 is 27.7 Å². The molecular formula is C14H23BrN2S. The van der Waals surface area contributed by atoms with Crippen LogP contribution < -0.4 is 10.6 Å². The van der Waals surface area contributed by atoms with Crippen molar-refractivity contribution in [3.05, 3.63) is 28.2 Å². The summed E-state index contributed by atoms with van der Waals surface area (Å²) in [4.78, 5) is 2.33. The fourth-order valence-corrected chi connectivity index (χ4v) is 3.15. The van der Waals surface area contributed by atoms with Gasteiger partial charge in [0, 0.05) is 29.3 Å². The molecule has 0 bridgehead atoms. The molecule has 0 spiro atoms. The maximum Gasteiger partial charge on any atom is 0.0377 e. The van der Waals surface area contributed by atoms with Gasteiger partial charge in [-0.3, -0.25) is 0 Å². The molecule has 2 N–H and O–H groups in total. The van der Waals surface area contributed by atoms with E-state index < -0.39 is 0 Å². The Kier molecular flexibility index (Phi) is 6.53. The first-order valence-corrected chi connectivity index (χ1v) is 8.42. The summed E-state index contributed by atoms with van der Waals surface area (Å²) >= 11 is 5.51. The molecule has 0 radical (unpaired) electrons. The molecule has 18 heavy (non-hydrogen) atoms. The molecule has 2 nitrogen and oxygen atoms in total. The maximum absolute atomic E-state index is 5.92. The fraction of sp³-hybridized carbons (Fsp3) is 0.571. The first kappa shape index (κ1) is 15.9. The molecule has 0 saturated carbocycles. The smallest absolute Gasteiger partial charge is 0.0377 e. The summed E-state index contributed by atoms with van der Waals surface area (Å²) in [7, 11) is 2.15. The zero-order chi connectivity index (χ0) is 13.7. The van der Waals surface area contributed by atoms with E-state index in [1.165, 1.54) is 17.9 Å². The van der Waals surface area contributed by atoms with Crippen LogP contribution in [-0.4, -0.2) is 25.1 Å². The molecule has 0 amide bonds. The minimum absolute atomic E-state index is 0.0626. The summed E-state index contributed by atoms with van der Waals surface area (Å²) in [5.41, 5.74) is 8.31. The zero-order valence-electron chi connectivity index (χ0n) is 11.6. The van der Waals surface area contributed by atoms with Crippen LogP contribution in [0.5, 0.6) is 0 Å². The van der Waals surface area contributed by atoms with Crippen molar-refractivity contribution >= 4 is 33.4 Å². The van der Waals surface area contributed by atoms with E-state index in [0.29, 0.717) is 6.04 Å². The van der Waals surface area contributed by atoms with Crippen LogP contribution in [0, 0.1) is 0 Å². The molecule has 0 aromatic heterocycles. The topological polar surface area (TPSA) is 29.3 Å². The highest BCUT2D eigenvalue weighted by atomic mass is 79.9. The molecule has 0 aliphatic rings. The number of rotatable bonds is 6. The van der Waals surface area contributed by atoms with E-state index in [1.807, 2.05) is 18.7 Å². The lowest BCUT2D eigenvalue weighted by Gasteiger charge is -2.27. The Bertz CT molecular complexity index is 382. The van der Waals surface area contributed by atoms with E-state index in [0.717, 1.165) is 10.0 Å². The summed E-state index contributed by atoms with van der Waals surface area (Å²) in [6.45, 7) is 4.27. The lowest BCUT2D eigenvalue weighted by Crippen LogP contribution is -2.29. The minimum Gasteiger partial charge on any atom is -0.372 e. The molecule has 0 aliphatic carbocycles. The number of benzene rings is 1. The molecular weight excluding hydrogens is 308 g/mol. The molecule has 0 heterocycles. The number of hydrogen-bond donors (Lipinski definition) is 1. The summed E-state index contributed by atoms with van der Waals surface area (Å²) in [6.07, 6.45) is 3.35. The summed E-state index contributed by atoms with van der Waals surface area (Å²) in [6, 6.07) is 7.04. The Morgan fingerprint density at radius 2 is 2.06 bits per heavy atom. The van der Waals surface area contributed by atoms with Gasteiger partial charge in [0.1, 0.15) is 0 Å². The Morgan fingerprint density at radius 1 is 1.39 bits per heavy atom. The molecule has 0 fully saturated rings. The van der Waals surface area contributed by atoms with Crippen LogP contribution in [0.1, 0.15) is 31.9 Å². The predicted molar refractivity (Wildman–Crippen MR) is 87.6 cm³/mol. The number of halogens is 1. The molecule has 1 aromatic rings. The van der Waals surface area contributed by atoms with Crippen molar-refractivity contribution in [2.75, 3.05) is 24.0 Å². The van der Waals surface area contributed by atoms with E-state index in [2.05, 4.69) is 59.3 Å². The maximum atomic E-state index is 5.92. The van der Waals surface area contributed by atoms with E-state index in [9.17, 15) is 0 Å². The number of hydrogen-bond acceptors (Lipinski definition) is 3. The van der Waals surface area contributed by atoms with E-state index >= 15 is 0 Å². The van der Waals surface area contributed by atoms with E-state index in [4.69, 9.17) is 5.73 Å². The van der Waals surface area contributed by atoms with Crippen molar-refractivity contribution in [2.24, 2.45) is 5.73 Å². The quantitative estimate of drug-likeness (QED) is 0.853. The summed E-state index contributed by atoms with van der Waals surface area (Å²) in [5.74, 6) is 1.20. The third-order valence-corrected chi connectivity index (χ3v) is 4.61. The average molecular weight is 331 g/mol. The van der Waals surface area contributed by atoms with Crippen LogP contribution in [0.3, 0.4) is 0 Å². The van der Waals surface area contributed by atoms with Gasteiger partial charge < -0.3 is 10.6 Å². The Labute approximate surface area is 123 Å². The van der Waals surface area contributed by atoms with Crippen molar-refractivity contribution in [3.63, 3.8) is 0 Å². The van der Waals surface area contributed by atoms with Crippen molar-refractivity contribution < 1.29 is 0 Å². The molecule has 1 aromatic carbocycles. The molecule has 2 atom stereocenters. The van der Waals surface area contributed by atoms with Crippen LogP contribution in [-0.2, 0) is 0 Å². The van der Waals surface area contributed by atoms with Gasteiger partial charge in [0.05, 0.1) is 0 Å². The predicted octanol–water partition coefficient (Wildman–Crippen LogP) is 4.05. The fourth-order valence-electron chi connectivity index (χ4n) is 1.84. The van der Waals surface area contributed by atoms with E-state index in [1.54, 1.807) is 0 Å². The third-order valence-electron chi connectivity index (χ3n) is 3.28. The van der Waals surface area contributed by atoms with Gasteiger partial charge in [-0.1, -0.05) is 22.0 Å². The first-order chi connectivity index (χ1) is 8.47. The third kappa shape index (κ3) is 4.18. The van der Waals surface area contributed by atoms with Crippen molar-refractivity contribution in [1.29, 1.82) is 0 Å². The molecule has 4 heteroatoms. The number of anilines is 1. The second-order valence-corrected chi connectivity index (χ2v) is 6.58. The van der Waals surface area contributed by atoms with Gasteiger partial charge >= 0.3 is 0 Å². The molecule has 0 saturated heterocycles. The molecule has 2 unspecified atom stereocenters. The number of nitrogens with zero attached hydrogens (tertiary/aromatic N) is 1. The largest absolute Gasteiger partial charge is 0.372 e. The minimum atomic E-state index is 0.0626. The SMILES string of the molecule is CSCCC(C)N(C)c1ccc(C(C)N)c(Br)c1. The van der Waals surface area contributed by atoms with E-state index in [-0.39, 0.29) is 6.04 Å².